The molecule has 0 bridgehead atoms. The summed E-state index contributed by atoms with van der Waals surface area (Å²) in [4.78, 5) is 29.7. The van der Waals surface area contributed by atoms with Crippen LogP contribution in [0.1, 0.15) is 77.2 Å². The van der Waals surface area contributed by atoms with Crippen LogP contribution in [-0.2, 0) is 16.0 Å². The van der Waals surface area contributed by atoms with Crippen molar-refractivity contribution in [2.45, 2.75) is 78.1 Å². The highest BCUT2D eigenvalue weighted by Crippen LogP contribution is 2.42. The van der Waals surface area contributed by atoms with Gasteiger partial charge in [-0.15, -0.1) is 0 Å². The SMILES string of the molecule is CCCCC1(CCCC)CC(=N)N(CCC2CCN(C(=O)Cc3ccccc3)C2)C1=O. The Balaban J connectivity index is 1.52. The summed E-state index contributed by atoms with van der Waals surface area (Å²) in [6.07, 6.45) is 9.03. The molecule has 2 heterocycles. The van der Waals surface area contributed by atoms with E-state index in [1.807, 2.05) is 35.2 Å². The molecule has 5 heteroatoms. The molecule has 2 saturated heterocycles. The standard InChI is InChI=1S/C26H39N3O2/c1-3-5-14-26(15-6-4-2)19-23(27)29(25(26)31)17-13-22-12-16-28(20-22)24(30)18-21-10-8-7-9-11-21/h7-11,22,27H,3-6,12-20H2,1-2H3. The maximum Gasteiger partial charge on any atom is 0.234 e. The fraction of sp³-hybridized carbons (Fsp3) is 0.654. The van der Waals surface area contributed by atoms with Gasteiger partial charge in [-0.3, -0.25) is 15.0 Å². The topological polar surface area (TPSA) is 64.5 Å². The van der Waals surface area contributed by atoms with Crippen molar-refractivity contribution in [2.75, 3.05) is 19.6 Å². The fourth-order valence-electron chi connectivity index (χ4n) is 5.17. The van der Waals surface area contributed by atoms with Gasteiger partial charge in [0.2, 0.25) is 11.8 Å². The lowest BCUT2D eigenvalue weighted by Crippen LogP contribution is -2.37. The van der Waals surface area contributed by atoms with Crippen molar-refractivity contribution in [3.63, 3.8) is 0 Å². The van der Waals surface area contributed by atoms with Crippen LogP contribution < -0.4 is 0 Å². The van der Waals surface area contributed by atoms with E-state index < -0.39 is 0 Å². The highest BCUT2D eigenvalue weighted by atomic mass is 16.2. The van der Waals surface area contributed by atoms with Crippen LogP contribution in [0.3, 0.4) is 0 Å². The number of nitrogens with zero attached hydrogens (tertiary/aromatic N) is 2. The van der Waals surface area contributed by atoms with E-state index in [9.17, 15) is 9.59 Å². The number of hydrogen-bond acceptors (Lipinski definition) is 3. The largest absolute Gasteiger partial charge is 0.342 e. The molecule has 0 aliphatic carbocycles. The lowest BCUT2D eigenvalue weighted by molar-refractivity contribution is -0.136. The van der Waals surface area contributed by atoms with Crippen molar-refractivity contribution in [3.05, 3.63) is 35.9 Å². The fourth-order valence-corrected chi connectivity index (χ4v) is 5.17. The molecule has 2 amide bonds. The van der Waals surface area contributed by atoms with Gasteiger partial charge in [0.1, 0.15) is 5.84 Å². The molecule has 3 rings (SSSR count). The molecule has 0 spiro atoms. The second-order valence-electron chi connectivity index (χ2n) is 9.51. The molecule has 0 radical (unpaired) electrons. The number of benzene rings is 1. The lowest BCUT2D eigenvalue weighted by atomic mass is 9.77. The van der Waals surface area contributed by atoms with Crippen LogP contribution in [-0.4, -0.2) is 47.1 Å². The minimum Gasteiger partial charge on any atom is -0.342 e. The van der Waals surface area contributed by atoms with Gasteiger partial charge in [-0.2, -0.15) is 0 Å². The van der Waals surface area contributed by atoms with Crippen LogP contribution in [0.4, 0.5) is 0 Å². The van der Waals surface area contributed by atoms with Gasteiger partial charge < -0.3 is 9.80 Å². The first kappa shape index (κ1) is 23.5. The summed E-state index contributed by atoms with van der Waals surface area (Å²) < 4.78 is 0. The summed E-state index contributed by atoms with van der Waals surface area (Å²) in [6.45, 7) is 6.54. The van der Waals surface area contributed by atoms with E-state index in [1.54, 1.807) is 4.90 Å². The number of likely N-dealkylation sites (tertiary alicyclic amines) is 2. The van der Waals surface area contributed by atoms with Gasteiger partial charge in [0.15, 0.2) is 0 Å². The number of carbonyl (C=O) groups excluding carboxylic acids is 2. The molecule has 1 unspecified atom stereocenters. The molecule has 2 aliphatic rings. The van der Waals surface area contributed by atoms with Crippen molar-refractivity contribution in [3.8, 4) is 0 Å². The number of hydrogen-bond donors (Lipinski definition) is 1. The normalized spacial score (nSPS) is 20.6. The summed E-state index contributed by atoms with van der Waals surface area (Å²) >= 11 is 0. The minimum absolute atomic E-state index is 0.189. The van der Waals surface area contributed by atoms with Gasteiger partial charge in [-0.25, -0.2) is 0 Å². The third kappa shape index (κ3) is 5.75. The van der Waals surface area contributed by atoms with Crippen LogP contribution in [0.25, 0.3) is 0 Å². The first-order valence-electron chi connectivity index (χ1n) is 12.2. The van der Waals surface area contributed by atoms with E-state index in [2.05, 4.69) is 13.8 Å². The van der Waals surface area contributed by atoms with Crippen molar-refractivity contribution in [1.29, 1.82) is 5.41 Å². The molecule has 1 N–H and O–H groups in total. The zero-order chi connectivity index (χ0) is 22.3. The number of carbonyl (C=O) groups is 2. The molecule has 170 valence electrons. The maximum atomic E-state index is 13.4. The summed E-state index contributed by atoms with van der Waals surface area (Å²) in [6, 6.07) is 9.91. The highest BCUT2D eigenvalue weighted by molar-refractivity contribution is 6.07. The first-order valence-corrected chi connectivity index (χ1v) is 12.2. The van der Waals surface area contributed by atoms with Crippen LogP contribution in [0.2, 0.25) is 0 Å². The summed E-state index contributed by atoms with van der Waals surface area (Å²) in [5.74, 6) is 1.31. The summed E-state index contributed by atoms with van der Waals surface area (Å²) in [7, 11) is 0. The van der Waals surface area contributed by atoms with Gasteiger partial charge in [0.25, 0.3) is 0 Å². The second-order valence-corrected chi connectivity index (χ2v) is 9.51. The molecule has 1 aromatic rings. The van der Waals surface area contributed by atoms with Gasteiger partial charge in [-0.1, -0.05) is 69.9 Å². The third-order valence-electron chi connectivity index (χ3n) is 7.15. The van der Waals surface area contributed by atoms with E-state index in [4.69, 9.17) is 5.41 Å². The van der Waals surface area contributed by atoms with Gasteiger partial charge in [0, 0.05) is 26.1 Å². The Kier molecular flexibility index (Phi) is 8.28. The third-order valence-corrected chi connectivity index (χ3v) is 7.15. The van der Waals surface area contributed by atoms with E-state index in [-0.39, 0.29) is 17.2 Å². The first-order chi connectivity index (χ1) is 15.0. The molecule has 0 saturated carbocycles. The predicted octanol–water partition coefficient (Wildman–Crippen LogP) is 5.04. The van der Waals surface area contributed by atoms with Crippen molar-refractivity contribution in [2.24, 2.45) is 11.3 Å². The monoisotopic (exact) mass is 425 g/mol. The highest BCUT2D eigenvalue weighted by Gasteiger charge is 2.48. The second kappa shape index (κ2) is 10.9. The molecular weight excluding hydrogens is 386 g/mol. The van der Waals surface area contributed by atoms with Crippen LogP contribution >= 0.6 is 0 Å². The number of amides is 2. The molecule has 2 fully saturated rings. The van der Waals surface area contributed by atoms with Gasteiger partial charge in [0.05, 0.1) is 11.8 Å². The van der Waals surface area contributed by atoms with Crippen molar-refractivity contribution in [1.82, 2.24) is 9.80 Å². The van der Waals surface area contributed by atoms with Gasteiger partial charge in [-0.05, 0) is 37.2 Å². The number of nitrogens with one attached hydrogen (secondary N) is 1. The average Bonchev–Trinajstić information content (AvgIpc) is 3.33. The molecule has 0 aromatic heterocycles. The lowest BCUT2D eigenvalue weighted by Gasteiger charge is -2.27. The number of unbranched alkanes of at least 4 members (excludes halogenated alkanes) is 2. The van der Waals surface area contributed by atoms with E-state index >= 15 is 0 Å². The Morgan fingerprint density at radius 2 is 1.81 bits per heavy atom. The van der Waals surface area contributed by atoms with E-state index in [1.165, 1.54) is 0 Å². The van der Waals surface area contributed by atoms with Crippen LogP contribution in [0.15, 0.2) is 30.3 Å². The minimum atomic E-state index is -0.337. The Hall–Kier alpha value is -2.17. The van der Waals surface area contributed by atoms with E-state index in [0.717, 1.165) is 70.0 Å². The Labute approximate surface area is 187 Å². The molecule has 2 aliphatic heterocycles. The maximum absolute atomic E-state index is 13.4. The molecule has 31 heavy (non-hydrogen) atoms. The number of rotatable bonds is 11. The van der Waals surface area contributed by atoms with E-state index in [0.29, 0.717) is 31.1 Å². The Bertz CT molecular complexity index is 753. The molecule has 1 aromatic carbocycles. The Morgan fingerprint density at radius 3 is 2.45 bits per heavy atom. The summed E-state index contributed by atoms with van der Waals surface area (Å²) in [5.41, 5.74) is 0.721. The molecule has 5 nitrogen and oxygen atoms in total. The smallest absolute Gasteiger partial charge is 0.234 e. The van der Waals surface area contributed by atoms with Crippen LogP contribution in [0, 0.1) is 16.7 Å². The zero-order valence-corrected chi connectivity index (χ0v) is 19.4. The van der Waals surface area contributed by atoms with Gasteiger partial charge >= 0.3 is 0 Å². The Morgan fingerprint density at radius 1 is 1.13 bits per heavy atom. The zero-order valence-electron chi connectivity index (χ0n) is 19.4. The molecular formula is C26H39N3O2. The average molecular weight is 426 g/mol. The predicted molar refractivity (Wildman–Crippen MR) is 125 cm³/mol. The quantitative estimate of drug-likeness (QED) is 0.539. The van der Waals surface area contributed by atoms with Crippen molar-refractivity contribution >= 4 is 17.6 Å². The van der Waals surface area contributed by atoms with Crippen molar-refractivity contribution < 1.29 is 9.59 Å². The molecule has 1 atom stereocenters. The summed E-state index contributed by atoms with van der Waals surface area (Å²) in [5, 5.41) is 8.51. The van der Waals surface area contributed by atoms with Crippen LogP contribution in [0.5, 0.6) is 0 Å². The number of amidine groups is 1.